The smallest absolute Gasteiger partial charge is 0.227 e. The Balaban J connectivity index is 1.47. The summed E-state index contributed by atoms with van der Waals surface area (Å²) in [5, 5.41) is 0. The number of carbonyl (C=O) groups excluding carboxylic acids is 1. The van der Waals surface area contributed by atoms with Gasteiger partial charge in [-0.3, -0.25) is 9.69 Å². The van der Waals surface area contributed by atoms with Crippen LogP contribution in [0, 0.1) is 0 Å². The second kappa shape index (κ2) is 8.36. The second-order valence-corrected chi connectivity index (χ2v) is 7.05. The number of amides is 1. The number of benzene rings is 2. The molecule has 0 bridgehead atoms. The van der Waals surface area contributed by atoms with Crippen LogP contribution in [0.25, 0.3) is 0 Å². The van der Waals surface area contributed by atoms with Gasteiger partial charge in [-0.2, -0.15) is 0 Å². The number of carbonyl (C=O) groups is 1. The topological polar surface area (TPSA) is 23.6 Å². The third kappa shape index (κ3) is 4.62. The summed E-state index contributed by atoms with van der Waals surface area (Å²) in [6, 6.07) is 18.8. The van der Waals surface area contributed by atoms with Crippen molar-refractivity contribution in [1.82, 2.24) is 9.80 Å². The summed E-state index contributed by atoms with van der Waals surface area (Å²) in [5.41, 5.74) is 2.44. The maximum absolute atomic E-state index is 12.5. The molecule has 3 rings (SSSR count). The van der Waals surface area contributed by atoms with Crippen molar-refractivity contribution >= 4 is 17.7 Å². The normalized spacial score (nSPS) is 15.5. The van der Waals surface area contributed by atoms with Crippen molar-refractivity contribution in [2.45, 2.75) is 17.9 Å². The van der Waals surface area contributed by atoms with E-state index in [-0.39, 0.29) is 5.91 Å². The van der Waals surface area contributed by atoms with Crippen molar-refractivity contribution in [3.8, 4) is 0 Å². The lowest BCUT2D eigenvalue weighted by Crippen LogP contribution is -2.48. The third-order valence-electron chi connectivity index (χ3n) is 4.49. The third-order valence-corrected chi connectivity index (χ3v) is 5.23. The summed E-state index contributed by atoms with van der Waals surface area (Å²) in [6.45, 7) is 4.53. The number of rotatable bonds is 5. The van der Waals surface area contributed by atoms with Crippen molar-refractivity contribution in [2.24, 2.45) is 0 Å². The summed E-state index contributed by atoms with van der Waals surface area (Å²) in [7, 11) is 0. The molecule has 0 aromatic heterocycles. The number of hydrogen-bond acceptors (Lipinski definition) is 3. The lowest BCUT2D eigenvalue weighted by Gasteiger charge is -2.34. The predicted molar refractivity (Wildman–Crippen MR) is 100 cm³/mol. The van der Waals surface area contributed by atoms with Gasteiger partial charge in [0.05, 0.1) is 6.42 Å². The van der Waals surface area contributed by atoms with E-state index < -0.39 is 0 Å². The van der Waals surface area contributed by atoms with Gasteiger partial charge < -0.3 is 4.90 Å². The molecule has 2 aromatic rings. The van der Waals surface area contributed by atoms with Gasteiger partial charge in [0.25, 0.3) is 0 Å². The molecule has 0 unspecified atom stereocenters. The predicted octanol–water partition coefficient (Wildman–Crippen LogP) is 3.30. The minimum Gasteiger partial charge on any atom is -0.340 e. The van der Waals surface area contributed by atoms with Crippen LogP contribution in [0.2, 0.25) is 0 Å². The molecule has 0 aliphatic carbocycles. The van der Waals surface area contributed by atoms with Crippen LogP contribution in [0.4, 0.5) is 0 Å². The van der Waals surface area contributed by atoms with Crippen LogP contribution in [0.3, 0.4) is 0 Å². The Morgan fingerprint density at radius 2 is 1.58 bits per heavy atom. The lowest BCUT2D eigenvalue weighted by molar-refractivity contribution is -0.132. The van der Waals surface area contributed by atoms with E-state index >= 15 is 0 Å². The summed E-state index contributed by atoms with van der Waals surface area (Å²) < 4.78 is 0. The summed E-state index contributed by atoms with van der Waals surface area (Å²) in [6.07, 6.45) is 2.57. The van der Waals surface area contributed by atoms with Gasteiger partial charge in [0.15, 0.2) is 0 Å². The van der Waals surface area contributed by atoms with E-state index in [9.17, 15) is 4.79 Å². The number of hydrogen-bond donors (Lipinski definition) is 0. The molecule has 0 spiro atoms. The molecule has 1 amide bonds. The van der Waals surface area contributed by atoms with Crippen molar-refractivity contribution in [3.05, 3.63) is 65.7 Å². The number of thioether (sulfide) groups is 1. The molecular formula is C20H24N2OS. The quantitative estimate of drug-likeness (QED) is 0.780. The largest absolute Gasteiger partial charge is 0.340 e. The van der Waals surface area contributed by atoms with Crippen LogP contribution in [0.1, 0.15) is 11.1 Å². The van der Waals surface area contributed by atoms with Gasteiger partial charge in [-0.05, 0) is 29.5 Å². The highest BCUT2D eigenvalue weighted by Crippen LogP contribution is 2.16. The van der Waals surface area contributed by atoms with E-state index in [1.807, 2.05) is 11.0 Å². The summed E-state index contributed by atoms with van der Waals surface area (Å²) >= 11 is 1.72. The van der Waals surface area contributed by atoms with Crippen LogP contribution in [-0.4, -0.2) is 48.1 Å². The molecule has 1 heterocycles. The molecule has 2 aromatic carbocycles. The Bertz CT molecular complexity index is 649. The van der Waals surface area contributed by atoms with Gasteiger partial charge in [0.2, 0.25) is 5.91 Å². The van der Waals surface area contributed by atoms with Crippen LogP contribution in [0.5, 0.6) is 0 Å². The van der Waals surface area contributed by atoms with Crippen LogP contribution in [-0.2, 0) is 17.8 Å². The van der Waals surface area contributed by atoms with Crippen LogP contribution >= 0.6 is 11.8 Å². The monoisotopic (exact) mass is 340 g/mol. The Hall–Kier alpha value is -1.78. The first kappa shape index (κ1) is 17.1. The Morgan fingerprint density at radius 1 is 0.917 bits per heavy atom. The molecule has 126 valence electrons. The zero-order chi connectivity index (χ0) is 16.8. The molecule has 1 aliphatic heterocycles. The second-order valence-electron chi connectivity index (χ2n) is 6.17. The molecule has 3 nitrogen and oxygen atoms in total. The molecule has 1 fully saturated rings. The fourth-order valence-corrected chi connectivity index (χ4v) is 3.44. The molecular weight excluding hydrogens is 316 g/mol. The van der Waals surface area contributed by atoms with E-state index in [1.165, 1.54) is 10.5 Å². The first-order valence-electron chi connectivity index (χ1n) is 8.41. The van der Waals surface area contributed by atoms with Crippen molar-refractivity contribution in [1.29, 1.82) is 0 Å². The van der Waals surface area contributed by atoms with Crippen LogP contribution in [0.15, 0.2) is 59.5 Å². The maximum atomic E-state index is 12.5. The molecule has 0 atom stereocenters. The Kier molecular flexibility index (Phi) is 5.94. The van der Waals surface area contributed by atoms with Gasteiger partial charge in [0.1, 0.15) is 0 Å². The molecule has 24 heavy (non-hydrogen) atoms. The fourth-order valence-electron chi connectivity index (χ4n) is 3.03. The highest BCUT2D eigenvalue weighted by Gasteiger charge is 2.21. The van der Waals surface area contributed by atoms with Gasteiger partial charge in [-0.25, -0.2) is 0 Å². The molecule has 4 heteroatoms. The average molecular weight is 340 g/mol. The molecule has 1 saturated heterocycles. The Morgan fingerprint density at radius 3 is 2.21 bits per heavy atom. The van der Waals surface area contributed by atoms with Gasteiger partial charge in [-0.1, -0.05) is 42.5 Å². The first-order chi connectivity index (χ1) is 11.7. The van der Waals surface area contributed by atoms with Gasteiger partial charge in [-0.15, -0.1) is 11.8 Å². The standard InChI is InChI=1S/C20H24N2OS/c1-24-19-9-7-17(8-10-19)15-20(23)22-13-11-21(12-14-22)16-18-5-3-2-4-6-18/h2-10H,11-16H2,1H3. The molecule has 0 saturated carbocycles. The molecule has 0 radical (unpaired) electrons. The minimum atomic E-state index is 0.242. The van der Waals surface area contributed by atoms with Crippen molar-refractivity contribution in [2.75, 3.05) is 32.4 Å². The zero-order valence-electron chi connectivity index (χ0n) is 14.1. The van der Waals surface area contributed by atoms with Crippen LogP contribution < -0.4 is 0 Å². The zero-order valence-corrected chi connectivity index (χ0v) is 15.0. The first-order valence-corrected chi connectivity index (χ1v) is 9.64. The van der Waals surface area contributed by atoms with Crippen molar-refractivity contribution < 1.29 is 4.79 Å². The van der Waals surface area contributed by atoms with E-state index in [4.69, 9.17) is 0 Å². The van der Waals surface area contributed by atoms with E-state index in [2.05, 4.69) is 59.7 Å². The van der Waals surface area contributed by atoms with Crippen molar-refractivity contribution in [3.63, 3.8) is 0 Å². The number of piperazine rings is 1. The molecule has 0 N–H and O–H groups in total. The lowest BCUT2D eigenvalue weighted by atomic mass is 10.1. The van der Waals surface area contributed by atoms with Gasteiger partial charge in [0, 0.05) is 37.6 Å². The van der Waals surface area contributed by atoms with E-state index in [0.29, 0.717) is 6.42 Å². The average Bonchev–Trinajstić information content (AvgIpc) is 2.64. The summed E-state index contributed by atoms with van der Waals surface area (Å²) in [5.74, 6) is 0.242. The SMILES string of the molecule is CSc1ccc(CC(=O)N2CCN(Cc3ccccc3)CC2)cc1. The number of nitrogens with zero attached hydrogens (tertiary/aromatic N) is 2. The fraction of sp³-hybridized carbons (Fsp3) is 0.350. The van der Waals surface area contributed by atoms with E-state index in [1.54, 1.807) is 11.8 Å². The minimum absolute atomic E-state index is 0.242. The van der Waals surface area contributed by atoms with Gasteiger partial charge >= 0.3 is 0 Å². The highest BCUT2D eigenvalue weighted by molar-refractivity contribution is 7.98. The van der Waals surface area contributed by atoms with E-state index in [0.717, 1.165) is 38.3 Å². The summed E-state index contributed by atoms with van der Waals surface area (Å²) in [4.78, 5) is 18.2. The molecule has 1 aliphatic rings. The Labute approximate surface area is 148 Å². The maximum Gasteiger partial charge on any atom is 0.227 e. The highest BCUT2D eigenvalue weighted by atomic mass is 32.2.